The van der Waals surface area contributed by atoms with Crippen LogP contribution in [0, 0.1) is 0 Å². The number of aromatic nitrogens is 1. The summed E-state index contributed by atoms with van der Waals surface area (Å²) < 4.78 is 16.0. The number of hydrogen-bond acceptors (Lipinski definition) is 6. The number of nitrogens with zero attached hydrogens (tertiary/aromatic N) is 2. The van der Waals surface area contributed by atoms with Gasteiger partial charge in [-0.2, -0.15) is 5.10 Å². The number of nitrogens with one attached hydrogen (secondary N) is 1. The highest BCUT2D eigenvalue weighted by Crippen LogP contribution is 2.34. The Hall–Kier alpha value is -4.39. The third kappa shape index (κ3) is 4.52. The molecule has 2 heterocycles. The van der Waals surface area contributed by atoms with Crippen LogP contribution < -0.4 is 14.9 Å². The number of carbonyl (C=O) groups excluding carboxylic acids is 1. The minimum Gasteiger partial charge on any atom is -0.497 e. The van der Waals surface area contributed by atoms with Crippen molar-refractivity contribution in [2.24, 2.45) is 5.10 Å². The summed E-state index contributed by atoms with van der Waals surface area (Å²) in [5, 5.41) is 4.72. The van der Waals surface area contributed by atoms with E-state index in [1.54, 1.807) is 50.8 Å². The number of pyridine rings is 1. The van der Waals surface area contributed by atoms with Crippen LogP contribution in [-0.4, -0.2) is 31.3 Å². The molecule has 0 atom stereocenters. The molecule has 2 aromatic carbocycles. The fourth-order valence-electron chi connectivity index (χ4n) is 3.23. The van der Waals surface area contributed by atoms with Crippen molar-refractivity contribution in [1.29, 1.82) is 0 Å². The van der Waals surface area contributed by atoms with Crippen LogP contribution in [0.2, 0.25) is 0 Å². The highest BCUT2D eigenvalue weighted by Gasteiger charge is 2.16. The smallest absolute Gasteiger partial charge is 0.272 e. The lowest BCUT2D eigenvalue weighted by molar-refractivity contribution is 0.0956. The first-order valence-electron chi connectivity index (χ1n) is 9.85. The Kier molecular flexibility index (Phi) is 6.27. The van der Waals surface area contributed by atoms with E-state index in [-0.39, 0.29) is 5.91 Å². The molecule has 0 aliphatic rings. The minimum absolute atomic E-state index is 0.347. The normalized spacial score (nSPS) is 11.3. The first kappa shape index (κ1) is 20.9. The maximum Gasteiger partial charge on any atom is 0.272 e. The number of benzene rings is 2. The fourth-order valence-corrected chi connectivity index (χ4v) is 3.23. The van der Waals surface area contributed by atoms with E-state index in [1.807, 2.05) is 42.5 Å². The van der Waals surface area contributed by atoms with E-state index in [1.165, 1.54) is 6.21 Å². The summed E-state index contributed by atoms with van der Waals surface area (Å²) in [5.74, 6) is 1.61. The summed E-state index contributed by atoms with van der Waals surface area (Å²) in [7, 11) is 3.17. The van der Waals surface area contributed by atoms with Gasteiger partial charge < -0.3 is 13.9 Å². The van der Waals surface area contributed by atoms with Crippen molar-refractivity contribution in [2.45, 2.75) is 0 Å². The summed E-state index contributed by atoms with van der Waals surface area (Å²) in [5.41, 5.74) is 5.06. The summed E-state index contributed by atoms with van der Waals surface area (Å²) >= 11 is 0. The molecule has 0 bridgehead atoms. The van der Waals surface area contributed by atoms with Crippen LogP contribution in [0.25, 0.3) is 28.2 Å². The lowest BCUT2D eigenvalue weighted by Crippen LogP contribution is -2.18. The van der Waals surface area contributed by atoms with Gasteiger partial charge in [0, 0.05) is 23.2 Å². The fraction of sp³-hybridized carbons (Fsp3) is 0.0800. The van der Waals surface area contributed by atoms with Gasteiger partial charge in [0.1, 0.15) is 17.3 Å². The molecule has 1 amide bonds. The number of hydrazone groups is 1. The largest absolute Gasteiger partial charge is 0.497 e. The number of amides is 1. The number of ether oxygens (including phenoxy) is 2. The number of hydrogen-bond donors (Lipinski definition) is 1. The standard InChI is InChI=1S/C25H21N3O4/c1-30-18-11-12-20(24(15-18)31-2)23-16-21(19-9-3-4-10-22(19)27-23)25(29)28-26-13-5-7-17-8-6-14-32-17/h3-16H,1-2H3,(H,28,29)/b7-5+,26-13+. The second kappa shape index (κ2) is 9.61. The Morgan fingerprint density at radius 1 is 1.06 bits per heavy atom. The molecule has 7 nitrogen and oxygen atoms in total. The molecule has 0 radical (unpaired) electrons. The molecular formula is C25H21N3O4. The lowest BCUT2D eigenvalue weighted by atomic mass is 10.0. The van der Waals surface area contributed by atoms with E-state index >= 15 is 0 Å². The van der Waals surface area contributed by atoms with Gasteiger partial charge in [-0.15, -0.1) is 0 Å². The highest BCUT2D eigenvalue weighted by molar-refractivity contribution is 6.07. The molecule has 2 aromatic heterocycles. The van der Waals surface area contributed by atoms with Gasteiger partial charge in [-0.3, -0.25) is 4.79 Å². The first-order valence-corrected chi connectivity index (χ1v) is 9.85. The van der Waals surface area contributed by atoms with Gasteiger partial charge in [0.05, 0.1) is 37.3 Å². The predicted octanol–water partition coefficient (Wildman–Crippen LogP) is 4.94. The van der Waals surface area contributed by atoms with Crippen molar-refractivity contribution < 1.29 is 18.7 Å². The third-order valence-electron chi connectivity index (χ3n) is 4.78. The highest BCUT2D eigenvalue weighted by atomic mass is 16.5. The second-order valence-corrected chi connectivity index (χ2v) is 6.73. The number of allylic oxidation sites excluding steroid dienone is 1. The van der Waals surface area contributed by atoms with Crippen LogP contribution in [0.1, 0.15) is 16.1 Å². The molecule has 1 N–H and O–H groups in total. The lowest BCUT2D eigenvalue weighted by Gasteiger charge is -2.12. The molecule has 4 aromatic rings. The molecule has 0 unspecified atom stereocenters. The van der Waals surface area contributed by atoms with Crippen molar-refractivity contribution in [3.63, 3.8) is 0 Å². The van der Waals surface area contributed by atoms with Crippen LogP contribution in [0.3, 0.4) is 0 Å². The topological polar surface area (TPSA) is 86.0 Å². The number of methoxy groups -OCH3 is 2. The van der Waals surface area contributed by atoms with Crippen molar-refractivity contribution in [3.8, 4) is 22.8 Å². The maximum atomic E-state index is 12.9. The minimum atomic E-state index is -0.347. The predicted molar refractivity (Wildman–Crippen MR) is 124 cm³/mol. The van der Waals surface area contributed by atoms with E-state index < -0.39 is 0 Å². The summed E-state index contributed by atoms with van der Waals surface area (Å²) in [4.78, 5) is 17.7. The van der Waals surface area contributed by atoms with E-state index in [4.69, 9.17) is 18.9 Å². The van der Waals surface area contributed by atoms with Gasteiger partial charge in [-0.05, 0) is 48.6 Å². The van der Waals surface area contributed by atoms with Crippen LogP contribution >= 0.6 is 0 Å². The molecule has 0 fully saturated rings. The zero-order valence-corrected chi connectivity index (χ0v) is 17.6. The molecule has 0 aliphatic heterocycles. The third-order valence-corrected chi connectivity index (χ3v) is 4.78. The second-order valence-electron chi connectivity index (χ2n) is 6.73. The number of fused-ring (bicyclic) bond motifs is 1. The van der Waals surface area contributed by atoms with Crippen LogP contribution in [-0.2, 0) is 0 Å². The SMILES string of the molecule is COc1ccc(-c2cc(C(=O)N/N=C/C=C/c3ccco3)c3ccccc3n2)c(OC)c1. The van der Waals surface area contributed by atoms with Gasteiger partial charge in [0.15, 0.2) is 0 Å². The van der Waals surface area contributed by atoms with E-state index in [2.05, 4.69) is 10.5 Å². The molecule has 4 rings (SSSR count). The summed E-state index contributed by atoms with van der Waals surface area (Å²) in [6.07, 6.45) is 6.49. The molecular weight excluding hydrogens is 406 g/mol. The van der Waals surface area contributed by atoms with Gasteiger partial charge in [-0.1, -0.05) is 18.2 Å². The molecule has 0 aliphatic carbocycles. The number of para-hydroxylation sites is 1. The molecule has 0 spiro atoms. The summed E-state index contributed by atoms with van der Waals surface area (Å²) in [6.45, 7) is 0. The average molecular weight is 427 g/mol. The Morgan fingerprint density at radius 2 is 1.94 bits per heavy atom. The van der Waals surface area contributed by atoms with Crippen LogP contribution in [0.15, 0.2) is 82.5 Å². The first-order chi connectivity index (χ1) is 15.7. The zero-order chi connectivity index (χ0) is 22.3. The van der Waals surface area contributed by atoms with E-state index in [0.29, 0.717) is 34.0 Å². The van der Waals surface area contributed by atoms with Crippen molar-refractivity contribution in [1.82, 2.24) is 10.4 Å². The molecule has 0 saturated carbocycles. The zero-order valence-electron chi connectivity index (χ0n) is 17.6. The van der Waals surface area contributed by atoms with Gasteiger partial charge in [0.2, 0.25) is 0 Å². The summed E-state index contributed by atoms with van der Waals surface area (Å²) in [6, 6.07) is 18.3. The van der Waals surface area contributed by atoms with Gasteiger partial charge in [-0.25, -0.2) is 10.4 Å². The average Bonchev–Trinajstić information content (AvgIpc) is 3.36. The number of carbonyl (C=O) groups is 1. The number of furan rings is 1. The van der Waals surface area contributed by atoms with Gasteiger partial charge in [0.25, 0.3) is 5.91 Å². The Morgan fingerprint density at radius 3 is 2.72 bits per heavy atom. The van der Waals surface area contributed by atoms with Gasteiger partial charge >= 0.3 is 0 Å². The molecule has 0 saturated heterocycles. The van der Waals surface area contributed by atoms with E-state index in [9.17, 15) is 4.79 Å². The Balaban J connectivity index is 1.66. The van der Waals surface area contributed by atoms with Crippen molar-refractivity contribution in [2.75, 3.05) is 14.2 Å². The maximum absolute atomic E-state index is 12.9. The van der Waals surface area contributed by atoms with Crippen molar-refractivity contribution >= 4 is 29.1 Å². The quantitative estimate of drug-likeness (QED) is 0.333. The van der Waals surface area contributed by atoms with E-state index in [0.717, 1.165) is 10.9 Å². The molecule has 160 valence electrons. The van der Waals surface area contributed by atoms with Crippen LogP contribution in [0.5, 0.6) is 11.5 Å². The van der Waals surface area contributed by atoms with Crippen molar-refractivity contribution in [3.05, 3.63) is 84.3 Å². The van der Waals surface area contributed by atoms with Crippen LogP contribution in [0.4, 0.5) is 0 Å². The monoisotopic (exact) mass is 427 g/mol. The molecule has 32 heavy (non-hydrogen) atoms. The number of rotatable bonds is 7. The Labute approximate surface area is 185 Å². The Bertz CT molecular complexity index is 1290. The molecule has 7 heteroatoms.